The van der Waals surface area contributed by atoms with E-state index < -0.39 is 6.09 Å². The van der Waals surface area contributed by atoms with Crippen molar-refractivity contribution in [2.24, 2.45) is 5.92 Å². The topological polar surface area (TPSA) is 43.8 Å². The molecule has 3 rings (SSSR count). The number of anilines is 1. The van der Waals surface area contributed by atoms with Crippen LogP contribution in [0.15, 0.2) is 54.6 Å². The molecule has 0 aromatic heterocycles. The van der Waals surface area contributed by atoms with Gasteiger partial charge in [-0.1, -0.05) is 62.4 Å². The zero-order valence-electron chi connectivity index (χ0n) is 15.6. The fourth-order valence-electron chi connectivity index (χ4n) is 3.87. The molecule has 0 unspecified atom stereocenters. The molecule has 0 radical (unpaired) electrons. The van der Waals surface area contributed by atoms with Crippen molar-refractivity contribution in [3.63, 3.8) is 0 Å². The van der Waals surface area contributed by atoms with E-state index in [0.29, 0.717) is 12.5 Å². The van der Waals surface area contributed by atoms with Gasteiger partial charge in [-0.15, -0.1) is 0 Å². The quantitative estimate of drug-likeness (QED) is 0.799. The summed E-state index contributed by atoms with van der Waals surface area (Å²) >= 11 is 0. The lowest BCUT2D eigenvalue weighted by molar-refractivity contribution is 0.193. The summed E-state index contributed by atoms with van der Waals surface area (Å²) in [7, 11) is 0. The van der Waals surface area contributed by atoms with Crippen molar-refractivity contribution in [2.45, 2.75) is 32.7 Å². The highest BCUT2D eigenvalue weighted by Crippen LogP contribution is 2.32. The summed E-state index contributed by atoms with van der Waals surface area (Å²) in [4.78, 5) is 16.1. The van der Waals surface area contributed by atoms with Gasteiger partial charge in [0.1, 0.15) is 0 Å². The van der Waals surface area contributed by atoms with Crippen LogP contribution >= 0.6 is 0 Å². The largest absolute Gasteiger partial charge is 0.465 e. The molecule has 4 nitrogen and oxygen atoms in total. The van der Waals surface area contributed by atoms with E-state index in [-0.39, 0.29) is 6.04 Å². The van der Waals surface area contributed by atoms with E-state index in [0.717, 1.165) is 42.7 Å². The van der Waals surface area contributed by atoms with Crippen LogP contribution in [0, 0.1) is 5.92 Å². The Morgan fingerprint density at radius 3 is 2.54 bits per heavy atom. The summed E-state index contributed by atoms with van der Waals surface area (Å²) in [5.41, 5.74) is 2.77. The minimum absolute atomic E-state index is 0.289. The van der Waals surface area contributed by atoms with Gasteiger partial charge in [0.05, 0.1) is 5.69 Å². The number of para-hydroxylation sites is 1. The molecule has 26 heavy (non-hydrogen) atoms. The number of rotatable bonds is 6. The molecule has 1 fully saturated rings. The first-order valence-electron chi connectivity index (χ1n) is 9.45. The molecule has 1 amide bonds. The van der Waals surface area contributed by atoms with E-state index in [9.17, 15) is 9.90 Å². The Labute approximate surface area is 156 Å². The molecule has 2 aromatic rings. The van der Waals surface area contributed by atoms with Gasteiger partial charge in [-0.2, -0.15) is 0 Å². The van der Waals surface area contributed by atoms with Gasteiger partial charge in [0.15, 0.2) is 0 Å². The molecule has 4 heteroatoms. The van der Waals surface area contributed by atoms with Crippen molar-refractivity contribution in [3.8, 4) is 11.1 Å². The number of carbonyl (C=O) groups is 1. The van der Waals surface area contributed by atoms with Gasteiger partial charge in [0.2, 0.25) is 0 Å². The van der Waals surface area contributed by atoms with E-state index >= 15 is 0 Å². The molecule has 1 aliphatic heterocycles. The van der Waals surface area contributed by atoms with Gasteiger partial charge in [0, 0.05) is 24.7 Å². The number of nitrogens with zero attached hydrogens (tertiary/aromatic N) is 2. The van der Waals surface area contributed by atoms with Crippen molar-refractivity contribution in [3.05, 3.63) is 54.6 Å². The number of benzene rings is 2. The minimum Gasteiger partial charge on any atom is -0.465 e. The number of carboxylic acid groups (broad SMARTS) is 1. The fourth-order valence-corrected chi connectivity index (χ4v) is 3.87. The summed E-state index contributed by atoms with van der Waals surface area (Å²) in [5.74, 6) is 0.588. The number of amides is 1. The standard InChI is InChI=1S/C22H28N2O2/c1-17(2)15-23-14-8-11-19(23)16-24(22(25)26)21-13-7-6-12-20(21)18-9-4-3-5-10-18/h3-7,9-10,12-13,17,19H,8,11,14-16H2,1-2H3,(H,25,26)/t19-/m0/s1. The second-order valence-electron chi connectivity index (χ2n) is 7.46. The average Bonchev–Trinajstić information content (AvgIpc) is 3.06. The highest BCUT2D eigenvalue weighted by Gasteiger charge is 2.30. The van der Waals surface area contributed by atoms with Gasteiger partial charge in [-0.25, -0.2) is 4.79 Å². The molecule has 138 valence electrons. The number of likely N-dealkylation sites (tertiary alicyclic amines) is 1. The van der Waals surface area contributed by atoms with Gasteiger partial charge in [0.25, 0.3) is 0 Å². The Morgan fingerprint density at radius 1 is 1.15 bits per heavy atom. The predicted octanol–water partition coefficient (Wildman–Crippen LogP) is 4.96. The van der Waals surface area contributed by atoms with Crippen molar-refractivity contribution in [1.82, 2.24) is 4.90 Å². The van der Waals surface area contributed by atoms with Crippen LogP contribution in [0.1, 0.15) is 26.7 Å². The smallest absolute Gasteiger partial charge is 0.411 e. The summed E-state index contributed by atoms with van der Waals surface area (Å²) < 4.78 is 0. The van der Waals surface area contributed by atoms with E-state index in [1.165, 1.54) is 4.90 Å². The lowest BCUT2D eigenvalue weighted by atomic mass is 10.0. The average molecular weight is 352 g/mol. The molecule has 1 heterocycles. The van der Waals surface area contributed by atoms with Gasteiger partial charge >= 0.3 is 6.09 Å². The second-order valence-corrected chi connectivity index (χ2v) is 7.46. The maximum Gasteiger partial charge on any atom is 0.411 e. The highest BCUT2D eigenvalue weighted by atomic mass is 16.4. The molecule has 0 bridgehead atoms. The van der Waals surface area contributed by atoms with E-state index in [1.807, 2.05) is 54.6 Å². The van der Waals surface area contributed by atoms with Gasteiger partial charge < -0.3 is 5.11 Å². The first kappa shape index (κ1) is 18.5. The maximum atomic E-state index is 12.1. The molecular weight excluding hydrogens is 324 g/mol. The first-order valence-corrected chi connectivity index (χ1v) is 9.45. The van der Waals surface area contributed by atoms with Crippen LogP contribution in [-0.2, 0) is 0 Å². The number of hydrogen-bond acceptors (Lipinski definition) is 2. The fraction of sp³-hybridized carbons (Fsp3) is 0.409. The molecule has 0 saturated carbocycles. The third-order valence-corrected chi connectivity index (χ3v) is 5.00. The van der Waals surface area contributed by atoms with Crippen LogP contribution in [0.3, 0.4) is 0 Å². The summed E-state index contributed by atoms with van der Waals surface area (Å²) in [6.45, 7) is 7.05. The lowest BCUT2D eigenvalue weighted by Crippen LogP contribution is -2.44. The maximum absolute atomic E-state index is 12.1. The van der Waals surface area contributed by atoms with Crippen LogP contribution < -0.4 is 4.90 Å². The van der Waals surface area contributed by atoms with Gasteiger partial charge in [-0.3, -0.25) is 9.80 Å². The van der Waals surface area contributed by atoms with Crippen LogP contribution in [0.5, 0.6) is 0 Å². The third kappa shape index (κ3) is 4.25. The summed E-state index contributed by atoms with van der Waals surface area (Å²) in [5, 5.41) is 9.93. The van der Waals surface area contributed by atoms with Crippen molar-refractivity contribution in [1.29, 1.82) is 0 Å². The Bertz CT molecular complexity index is 730. The van der Waals surface area contributed by atoms with E-state index in [1.54, 1.807) is 0 Å². The predicted molar refractivity (Wildman–Crippen MR) is 107 cm³/mol. The molecular formula is C22H28N2O2. The minimum atomic E-state index is -0.884. The SMILES string of the molecule is CC(C)CN1CCC[C@H]1CN(C(=O)O)c1ccccc1-c1ccccc1. The summed E-state index contributed by atoms with van der Waals surface area (Å²) in [6, 6.07) is 18.1. The van der Waals surface area contributed by atoms with Gasteiger partial charge in [-0.05, 0) is 36.9 Å². The van der Waals surface area contributed by atoms with Crippen LogP contribution in [0.25, 0.3) is 11.1 Å². The molecule has 1 saturated heterocycles. The van der Waals surface area contributed by atoms with Crippen LogP contribution in [-0.4, -0.2) is 41.8 Å². The molecule has 1 atom stereocenters. The zero-order chi connectivity index (χ0) is 18.5. The molecule has 0 aliphatic carbocycles. The lowest BCUT2D eigenvalue weighted by Gasteiger charge is -2.31. The monoisotopic (exact) mass is 352 g/mol. The van der Waals surface area contributed by atoms with Crippen molar-refractivity contribution >= 4 is 11.8 Å². The van der Waals surface area contributed by atoms with E-state index in [2.05, 4.69) is 18.7 Å². The Balaban J connectivity index is 1.89. The molecule has 0 spiro atoms. The van der Waals surface area contributed by atoms with Crippen molar-refractivity contribution < 1.29 is 9.90 Å². The molecule has 1 N–H and O–H groups in total. The van der Waals surface area contributed by atoms with Crippen LogP contribution in [0.4, 0.5) is 10.5 Å². The second kappa shape index (κ2) is 8.37. The third-order valence-electron chi connectivity index (χ3n) is 5.00. The number of hydrogen-bond donors (Lipinski definition) is 1. The highest BCUT2D eigenvalue weighted by molar-refractivity contribution is 5.92. The first-order chi connectivity index (χ1) is 12.6. The Morgan fingerprint density at radius 2 is 1.85 bits per heavy atom. The molecule has 1 aliphatic rings. The Kier molecular flexibility index (Phi) is 5.94. The summed E-state index contributed by atoms with van der Waals surface area (Å²) in [6.07, 6.45) is 1.32. The van der Waals surface area contributed by atoms with Crippen molar-refractivity contribution in [2.75, 3.05) is 24.5 Å². The Hall–Kier alpha value is -2.33. The van der Waals surface area contributed by atoms with Crippen LogP contribution in [0.2, 0.25) is 0 Å². The normalized spacial score (nSPS) is 17.6. The van der Waals surface area contributed by atoms with E-state index in [4.69, 9.17) is 0 Å². The zero-order valence-corrected chi connectivity index (χ0v) is 15.6. The molecule has 2 aromatic carbocycles.